The van der Waals surface area contributed by atoms with Crippen molar-refractivity contribution in [3.8, 4) is 5.75 Å². The Morgan fingerprint density at radius 2 is 2.19 bits per heavy atom. The Hall–Kier alpha value is -2.90. The van der Waals surface area contributed by atoms with E-state index in [1.165, 1.54) is 13.4 Å². The Bertz CT molecular complexity index is 689. The SMILES string of the molecule is COc1ccc2ncnc(NC(CC(N)=O)C(=O)O)c2c1. The number of rotatable bonds is 6. The molecule has 21 heavy (non-hydrogen) atoms. The van der Waals surface area contributed by atoms with Crippen LogP contribution in [0, 0.1) is 0 Å². The van der Waals surface area contributed by atoms with E-state index in [0.717, 1.165) is 0 Å². The smallest absolute Gasteiger partial charge is 0.326 e. The van der Waals surface area contributed by atoms with Crippen LogP contribution in [0.5, 0.6) is 5.75 Å². The molecular formula is C13H14N4O4. The van der Waals surface area contributed by atoms with Gasteiger partial charge in [-0.3, -0.25) is 4.79 Å². The van der Waals surface area contributed by atoms with Crippen molar-refractivity contribution >= 4 is 28.6 Å². The Morgan fingerprint density at radius 1 is 1.43 bits per heavy atom. The van der Waals surface area contributed by atoms with E-state index < -0.39 is 17.9 Å². The van der Waals surface area contributed by atoms with Gasteiger partial charge in [-0.25, -0.2) is 14.8 Å². The highest BCUT2D eigenvalue weighted by atomic mass is 16.5. The number of fused-ring (bicyclic) bond motifs is 1. The standard InChI is InChI=1S/C13H14N4O4/c1-21-7-2-3-9-8(4-7)12(16-6-15-9)17-10(13(19)20)5-11(14)18/h2-4,6,10H,5H2,1H3,(H2,14,18)(H,19,20)(H,15,16,17). The summed E-state index contributed by atoms with van der Waals surface area (Å²) < 4.78 is 5.12. The summed E-state index contributed by atoms with van der Waals surface area (Å²) in [5, 5.41) is 12.4. The van der Waals surface area contributed by atoms with E-state index >= 15 is 0 Å². The molecule has 0 saturated heterocycles. The molecule has 110 valence electrons. The number of primary amides is 1. The van der Waals surface area contributed by atoms with Crippen LogP contribution in [0.15, 0.2) is 24.5 Å². The van der Waals surface area contributed by atoms with E-state index in [1.54, 1.807) is 18.2 Å². The molecule has 2 rings (SSSR count). The number of hydrogen-bond donors (Lipinski definition) is 3. The topological polar surface area (TPSA) is 127 Å². The van der Waals surface area contributed by atoms with E-state index in [9.17, 15) is 9.59 Å². The van der Waals surface area contributed by atoms with Gasteiger partial charge in [0, 0.05) is 5.39 Å². The molecule has 1 heterocycles. The number of carbonyl (C=O) groups is 2. The van der Waals surface area contributed by atoms with Crippen LogP contribution in [0.3, 0.4) is 0 Å². The van der Waals surface area contributed by atoms with Gasteiger partial charge in [-0.05, 0) is 18.2 Å². The zero-order valence-corrected chi connectivity index (χ0v) is 11.2. The minimum absolute atomic E-state index is 0.299. The molecule has 2 aromatic rings. The monoisotopic (exact) mass is 290 g/mol. The molecule has 1 unspecified atom stereocenters. The van der Waals surface area contributed by atoms with E-state index in [0.29, 0.717) is 22.5 Å². The van der Waals surface area contributed by atoms with Crippen LogP contribution in [-0.2, 0) is 9.59 Å². The zero-order valence-electron chi connectivity index (χ0n) is 11.2. The first-order valence-electron chi connectivity index (χ1n) is 6.07. The van der Waals surface area contributed by atoms with Crippen molar-refractivity contribution in [1.82, 2.24) is 9.97 Å². The largest absolute Gasteiger partial charge is 0.497 e. The third-order valence-corrected chi connectivity index (χ3v) is 2.86. The summed E-state index contributed by atoms with van der Waals surface area (Å²) >= 11 is 0. The van der Waals surface area contributed by atoms with Crippen LogP contribution in [0.4, 0.5) is 5.82 Å². The Kier molecular flexibility index (Phi) is 4.17. The summed E-state index contributed by atoms with van der Waals surface area (Å²) in [7, 11) is 1.52. The van der Waals surface area contributed by atoms with Crippen molar-refractivity contribution in [1.29, 1.82) is 0 Å². The van der Waals surface area contributed by atoms with Crippen molar-refractivity contribution in [2.24, 2.45) is 5.73 Å². The maximum absolute atomic E-state index is 11.2. The average Bonchev–Trinajstić information content (AvgIpc) is 2.45. The minimum atomic E-state index is -1.19. The Labute approximate surface area is 119 Å². The van der Waals surface area contributed by atoms with Crippen LogP contribution in [0.1, 0.15) is 6.42 Å². The number of anilines is 1. The molecule has 0 fully saturated rings. The summed E-state index contributed by atoms with van der Waals surface area (Å²) in [5.74, 6) is -1.02. The molecule has 1 aromatic carbocycles. The van der Waals surface area contributed by atoms with Gasteiger partial charge in [-0.2, -0.15) is 0 Å². The van der Waals surface area contributed by atoms with Crippen LogP contribution in [0.2, 0.25) is 0 Å². The number of carboxylic acid groups (broad SMARTS) is 1. The lowest BCUT2D eigenvalue weighted by molar-refractivity contribution is -0.139. The lowest BCUT2D eigenvalue weighted by Crippen LogP contribution is -2.34. The maximum atomic E-state index is 11.2. The van der Waals surface area contributed by atoms with Gasteiger partial charge in [0.15, 0.2) is 0 Å². The van der Waals surface area contributed by atoms with Gasteiger partial charge in [0.25, 0.3) is 0 Å². The quantitative estimate of drug-likeness (QED) is 0.701. The summed E-state index contributed by atoms with van der Waals surface area (Å²) in [5.41, 5.74) is 5.67. The molecular weight excluding hydrogens is 276 g/mol. The minimum Gasteiger partial charge on any atom is -0.497 e. The van der Waals surface area contributed by atoms with Gasteiger partial charge >= 0.3 is 5.97 Å². The lowest BCUT2D eigenvalue weighted by atomic mass is 10.1. The molecule has 0 aliphatic heterocycles. The molecule has 0 radical (unpaired) electrons. The molecule has 1 aromatic heterocycles. The molecule has 0 spiro atoms. The first-order chi connectivity index (χ1) is 10.0. The molecule has 1 atom stereocenters. The number of nitrogens with one attached hydrogen (secondary N) is 1. The number of benzene rings is 1. The highest BCUT2D eigenvalue weighted by Crippen LogP contribution is 2.24. The predicted molar refractivity (Wildman–Crippen MR) is 74.9 cm³/mol. The van der Waals surface area contributed by atoms with Crippen LogP contribution in [-0.4, -0.2) is 40.1 Å². The third kappa shape index (κ3) is 3.35. The molecule has 4 N–H and O–H groups in total. The molecule has 1 amide bonds. The molecule has 8 nitrogen and oxygen atoms in total. The number of ether oxygens (including phenoxy) is 1. The van der Waals surface area contributed by atoms with Gasteiger partial charge in [-0.15, -0.1) is 0 Å². The van der Waals surface area contributed by atoms with Gasteiger partial charge < -0.3 is 20.9 Å². The third-order valence-electron chi connectivity index (χ3n) is 2.86. The summed E-state index contributed by atoms with van der Waals surface area (Å²) in [6.45, 7) is 0. The first-order valence-corrected chi connectivity index (χ1v) is 6.07. The van der Waals surface area contributed by atoms with E-state index in [2.05, 4.69) is 15.3 Å². The highest BCUT2D eigenvalue weighted by Gasteiger charge is 2.21. The number of hydrogen-bond acceptors (Lipinski definition) is 6. The molecule has 8 heteroatoms. The highest BCUT2D eigenvalue weighted by molar-refractivity contribution is 5.93. The van der Waals surface area contributed by atoms with Gasteiger partial charge in [0.05, 0.1) is 19.0 Å². The Balaban J connectivity index is 2.40. The average molecular weight is 290 g/mol. The van der Waals surface area contributed by atoms with Crippen LogP contribution >= 0.6 is 0 Å². The number of carbonyl (C=O) groups excluding carboxylic acids is 1. The van der Waals surface area contributed by atoms with E-state index in [-0.39, 0.29) is 6.42 Å². The fourth-order valence-corrected chi connectivity index (χ4v) is 1.84. The van der Waals surface area contributed by atoms with Crippen LogP contribution < -0.4 is 15.8 Å². The molecule has 0 aliphatic carbocycles. The fourth-order valence-electron chi connectivity index (χ4n) is 1.84. The fraction of sp³-hybridized carbons (Fsp3) is 0.231. The number of amides is 1. The van der Waals surface area contributed by atoms with Gasteiger partial charge in [0.1, 0.15) is 23.9 Å². The van der Waals surface area contributed by atoms with Crippen molar-refractivity contribution < 1.29 is 19.4 Å². The van der Waals surface area contributed by atoms with Crippen LogP contribution in [0.25, 0.3) is 10.9 Å². The van der Waals surface area contributed by atoms with Crippen molar-refractivity contribution in [3.63, 3.8) is 0 Å². The summed E-state index contributed by atoms with van der Waals surface area (Å²) in [4.78, 5) is 30.2. The lowest BCUT2D eigenvalue weighted by Gasteiger charge is -2.15. The number of methoxy groups -OCH3 is 1. The molecule has 0 saturated carbocycles. The van der Waals surface area contributed by atoms with Crippen molar-refractivity contribution in [2.45, 2.75) is 12.5 Å². The molecule has 0 bridgehead atoms. The molecule has 0 aliphatic rings. The number of aromatic nitrogens is 2. The Morgan fingerprint density at radius 3 is 2.81 bits per heavy atom. The first kappa shape index (κ1) is 14.5. The normalized spacial score (nSPS) is 11.9. The van der Waals surface area contributed by atoms with Crippen molar-refractivity contribution in [3.05, 3.63) is 24.5 Å². The van der Waals surface area contributed by atoms with E-state index in [4.69, 9.17) is 15.6 Å². The summed E-state index contributed by atoms with van der Waals surface area (Å²) in [6.07, 6.45) is 0.963. The zero-order chi connectivity index (χ0) is 15.4. The second-order valence-electron chi connectivity index (χ2n) is 4.31. The number of carboxylic acids is 1. The summed E-state index contributed by atoms with van der Waals surface area (Å²) in [6, 6.07) is 3.98. The van der Waals surface area contributed by atoms with Gasteiger partial charge in [0.2, 0.25) is 5.91 Å². The maximum Gasteiger partial charge on any atom is 0.326 e. The number of aliphatic carboxylic acids is 1. The second kappa shape index (κ2) is 6.04. The van der Waals surface area contributed by atoms with Gasteiger partial charge in [-0.1, -0.05) is 0 Å². The van der Waals surface area contributed by atoms with Crippen molar-refractivity contribution in [2.75, 3.05) is 12.4 Å². The second-order valence-corrected chi connectivity index (χ2v) is 4.31. The predicted octanol–water partition coefficient (Wildman–Crippen LogP) is 0.379. The number of nitrogens with zero attached hydrogens (tertiary/aromatic N) is 2. The number of nitrogens with two attached hydrogens (primary N) is 1. The van der Waals surface area contributed by atoms with E-state index in [1.807, 2.05) is 0 Å².